The van der Waals surface area contributed by atoms with Crippen molar-refractivity contribution < 1.29 is 5.11 Å². The summed E-state index contributed by atoms with van der Waals surface area (Å²) >= 11 is 5.35. The number of aliphatic hydroxyl groups excluding tert-OH is 1. The first-order chi connectivity index (χ1) is 8.58. The molecule has 0 aliphatic carbocycles. The Kier molecular flexibility index (Phi) is 7.30. The first kappa shape index (κ1) is 16.0. The lowest BCUT2D eigenvalue weighted by molar-refractivity contribution is 0.250. The molecule has 1 aromatic rings. The highest BCUT2D eigenvalue weighted by Crippen LogP contribution is 2.31. The van der Waals surface area contributed by atoms with Gasteiger partial charge in [0.05, 0.1) is 0 Å². The van der Waals surface area contributed by atoms with E-state index in [9.17, 15) is 0 Å². The third-order valence-electron chi connectivity index (χ3n) is 2.78. The van der Waals surface area contributed by atoms with Crippen molar-refractivity contribution >= 4 is 27.7 Å². The van der Waals surface area contributed by atoms with Gasteiger partial charge in [-0.1, -0.05) is 29.8 Å². The molecule has 0 radical (unpaired) electrons. The highest BCUT2D eigenvalue weighted by Gasteiger charge is 2.12. The summed E-state index contributed by atoms with van der Waals surface area (Å²) in [6, 6.07) is 6.76. The van der Waals surface area contributed by atoms with Crippen molar-refractivity contribution in [1.29, 1.82) is 0 Å². The van der Waals surface area contributed by atoms with E-state index >= 15 is 0 Å². The number of hydrogen-bond acceptors (Lipinski definition) is 3. The van der Waals surface area contributed by atoms with Crippen LogP contribution in [-0.4, -0.2) is 24.0 Å². The molecular weight excluding hydrogens is 310 g/mol. The van der Waals surface area contributed by atoms with Crippen molar-refractivity contribution in [2.24, 2.45) is 5.92 Å². The lowest BCUT2D eigenvalue weighted by Gasteiger charge is -2.18. The minimum atomic E-state index is 0.252. The summed E-state index contributed by atoms with van der Waals surface area (Å²) in [5, 5.41) is 12.5. The molecule has 0 amide bonds. The second kappa shape index (κ2) is 8.20. The molecule has 0 saturated carbocycles. The number of aliphatic hydroxyl groups is 1. The van der Waals surface area contributed by atoms with E-state index in [0.717, 1.165) is 16.8 Å². The van der Waals surface area contributed by atoms with Crippen molar-refractivity contribution in [1.82, 2.24) is 5.32 Å². The Bertz CT molecular complexity index is 373. The normalized spacial score (nSPS) is 14.5. The van der Waals surface area contributed by atoms with E-state index < -0.39 is 0 Å². The lowest BCUT2D eigenvalue weighted by atomic mass is 10.1. The van der Waals surface area contributed by atoms with Crippen LogP contribution in [0.5, 0.6) is 0 Å². The highest BCUT2D eigenvalue weighted by molar-refractivity contribution is 9.10. The van der Waals surface area contributed by atoms with Crippen LogP contribution in [0.25, 0.3) is 0 Å². The van der Waals surface area contributed by atoms with E-state index in [1.165, 1.54) is 10.5 Å². The molecule has 0 aliphatic heterocycles. The SMILES string of the molecule is CCNC(C)c1cc(Br)ccc1SCC(C)CO. The van der Waals surface area contributed by atoms with Gasteiger partial charge in [-0.05, 0) is 43.1 Å². The molecule has 2 N–H and O–H groups in total. The van der Waals surface area contributed by atoms with Crippen LogP contribution < -0.4 is 5.32 Å². The lowest BCUT2D eigenvalue weighted by Crippen LogP contribution is -2.18. The minimum absolute atomic E-state index is 0.252. The third kappa shape index (κ3) is 4.92. The second-order valence-corrected chi connectivity index (χ2v) is 6.54. The van der Waals surface area contributed by atoms with Gasteiger partial charge in [0, 0.05) is 27.8 Å². The fraction of sp³-hybridized carbons (Fsp3) is 0.571. The monoisotopic (exact) mass is 331 g/mol. The zero-order chi connectivity index (χ0) is 13.5. The van der Waals surface area contributed by atoms with Crippen LogP contribution in [-0.2, 0) is 0 Å². The number of nitrogens with one attached hydrogen (secondary N) is 1. The van der Waals surface area contributed by atoms with Gasteiger partial charge in [-0.2, -0.15) is 0 Å². The van der Waals surface area contributed by atoms with Gasteiger partial charge in [-0.15, -0.1) is 11.8 Å². The van der Waals surface area contributed by atoms with E-state index in [0.29, 0.717) is 12.0 Å². The largest absolute Gasteiger partial charge is 0.396 e. The van der Waals surface area contributed by atoms with Gasteiger partial charge >= 0.3 is 0 Å². The molecule has 1 aromatic carbocycles. The molecule has 1 rings (SSSR count). The molecule has 0 spiro atoms. The van der Waals surface area contributed by atoms with Gasteiger partial charge in [0.2, 0.25) is 0 Å². The van der Waals surface area contributed by atoms with Crippen LogP contribution in [0.4, 0.5) is 0 Å². The van der Waals surface area contributed by atoms with Crippen molar-refractivity contribution in [3.05, 3.63) is 28.2 Å². The van der Waals surface area contributed by atoms with Crippen LogP contribution in [0.2, 0.25) is 0 Å². The summed E-state index contributed by atoms with van der Waals surface area (Å²) in [6.45, 7) is 7.59. The van der Waals surface area contributed by atoms with Crippen molar-refractivity contribution in [2.45, 2.75) is 31.7 Å². The Morgan fingerprint density at radius 3 is 2.72 bits per heavy atom. The van der Waals surface area contributed by atoms with Gasteiger partial charge in [0.1, 0.15) is 0 Å². The van der Waals surface area contributed by atoms with E-state index in [1.54, 1.807) is 0 Å². The number of benzene rings is 1. The first-order valence-corrected chi connectivity index (χ1v) is 8.12. The van der Waals surface area contributed by atoms with E-state index in [4.69, 9.17) is 5.11 Å². The summed E-state index contributed by atoms with van der Waals surface area (Å²) in [5.74, 6) is 1.28. The van der Waals surface area contributed by atoms with Crippen molar-refractivity contribution in [2.75, 3.05) is 18.9 Å². The summed E-state index contributed by atoms with van der Waals surface area (Å²) in [7, 11) is 0. The van der Waals surface area contributed by atoms with Gasteiger partial charge in [-0.25, -0.2) is 0 Å². The van der Waals surface area contributed by atoms with Gasteiger partial charge in [0.25, 0.3) is 0 Å². The summed E-state index contributed by atoms with van der Waals surface area (Å²) in [4.78, 5) is 1.30. The van der Waals surface area contributed by atoms with E-state index in [1.807, 2.05) is 11.8 Å². The van der Waals surface area contributed by atoms with Crippen molar-refractivity contribution in [3.8, 4) is 0 Å². The summed E-state index contributed by atoms with van der Waals surface area (Å²) in [6.07, 6.45) is 0. The molecule has 0 saturated heterocycles. The summed E-state index contributed by atoms with van der Waals surface area (Å²) in [5.41, 5.74) is 1.32. The Morgan fingerprint density at radius 1 is 1.39 bits per heavy atom. The molecule has 0 aliphatic rings. The molecule has 0 fully saturated rings. The van der Waals surface area contributed by atoms with Crippen LogP contribution >= 0.6 is 27.7 Å². The molecular formula is C14H22BrNOS. The molecule has 0 aromatic heterocycles. The minimum Gasteiger partial charge on any atom is -0.396 e. The Hall–Kier alpha value is -0.0300. The molecule has 2 atom stereocenters. The zero-order valence-electron chi connectivity index (χ0n) is 11.2. The maximum absolute atomic E-state index is 9.09. The molecule has 18 heavy (non-hydrogen) atoms. The molecule has 4 heteroatoms. The second-order valence-electron chi connectivity index (χ2n) is 4.56. The Morgan fingerprint density at radius 2 is 2.11 bits per heavy atom. The smallest absolute Gasteiger partial charge is 0.0464 e. The van der Waals surface area contributed by atoms with Crippen LogP contribution in [0.1, 0.15) is 32.4 Å². The Labute approximate surface area is 123 Å². The Balaban J connectivity index is 2.82. The van der Waals surface area contributed by atoms with Gasteiger partial charge < -0.3 is 10.4 Å². The number of thioether (sulfide) groups is 1. The fourth-order valence-corrected chi connectivity index (χ4v) is 3.20. The van der Waals surface area contributed by atoms with Gasteiger partial charge in [0.15, 0.2) is 0 Å². The fourth-order valence-electron chi connectivity index (χ4n) is 1.69. The molecule has 2 unspecified atom stereocenters. The molecule has 2 nitrogen and oxygen atoms in total. The first-order valence-electron chi connectivity index (χ1n) is 6.35. The number of hydrogen-bond donors (Lipinski definition) is 2. The summed E-state index contributed by atoms with van der Waals surface area (Å²) < 4.78 is 1.11. The average Bonchev–Trinajstić information content (AvgIpc) is 2.37. The van der Waals surface area contributed by atoms with E-state index in [2.05, 4.69) is 60.2 Å². The number of rotatable bonds is 7. The maximum Gasteiger partial charge on any atom is 0.0464 e. The number of halogens is 1. The van der Waals surface area contributed by atoms with Crippen LogP contribution in [0, 0.1) is 5.92 Å². The molecule has 0 heterocycles. The third-order valence-corrected chi connectivity index (χ3v) is 4.70. The maximum atomic E-state index is 9.09. The van der Waals surface area contributed by atoms with Crippen LogP contribution in [0.15, 0.2) is 27.6 Å². The quantitative estimate of drug-likeness (QED) is 0.744. The predicted molar refractivity (Wildman–Crippen MR) is 83.2 cm³/mol. The topological polar surface area (TPSA) is 32.3 Å². The zero-order valence-corrected chi connectivity index (χ0v) is 13.6. The highest BCUT2D eigenvalue weighted by atomic mass is 79.9. The van der Waals surface area contributed by atoms with E-state index in [-0.39, 0.29) is 6.61 Å². The molecule has 102 valence electrons. The van der Waals surface area contributed by atoms with Crippen molar-refractivity contribution in [3.63, 3.8) is 0 Å². The average molecular weight is 332 g/mol. The standard InChI is InChI=1S/C14H22BrNOS/c1-4-16-11(3)13-7-12(15)5-6-14(13)18-9-10(2)8-17/h5-7,10-11,16-17H,4,8-9H2,1-3H3. The molecule has 0 bridgehead atoms. The predicted octanol–water partition coefficient (Wildman–Crippen LogP) is 3.84. The van der Waals surface area contributed by atoms with Crippen LogP contribution in [0.3, 0.4) is 0 Å². The van der Waals surface area contributed by atoms with Gasteiger partial charge in [-0.3, -0.25) is 0 Å².